The van der Waals surface area contributed by atoms with Crippen LogP contribution in [-0.4, -0.2) is 44.6 Å². The topological polar surface area (TPSA) is 96.5 Å². The zero-order valence-electron chi connectivity index (χ0n) is 12.5. The Morgan fingerprint density at radius 3 is 3.04 bits per heavy atom. The van der Waals surface area contributed by atoms with Crippen LogP contribution in [0, 0.1) is 0 Å². The number of hydrogen-bond donors (Lipinski definition) is 1. The summed E-state index contributed by atoms with van der Waals surface area (Å²) in [6, 6.07) is 1.19. The van der Waals surface area contributed by atoms with E-state index in [1.165, 1.54) is 4.90 Å². The number of aryl methyl sites for hydroxylation is 1. The maximum Gasteiger partial charge on any atom is 0.326 e. The van der Waals surface area contributed by atoms with E-state index in [2.05, 4.69) is 10.1 Å². The first-order valence-electron chi connectivity index (χ1n) is 7.52. The van der Waals surface area contributed by atoms with Crippen molar-refractivity contribution < 1.29 is 19.2 Å². The summed E-state index contributed by atoms with van der Waals surface area (Å²) in [6.45, 7) is 0.500. The Balaban J connectivity index is 1.59. The highest BCUT2D eigenvalue weighted by Crippen LogP contribution is 2.21. The van der Waals surface area contributed by atoms with Crippen LogP contribution in [0.1, 0.15) is 31.6 Å². The Bertz CT molecular complexity index is 683. The lowest BCUT2D eigenvalue weighted by Gasteiger charge is -2.32. The third-order valence-corrected chi connectivity index (χ3v) is 4.59. The summed E-state index contributed by atoms with van der Waals surface area (Å²) in [4.78, 5) is 29.3. The van der Waals surface area contributed by atoms with Gasteiger partial charge in [-0.05, 0) is 30.7 Å². The van der Waals surface area contributed by atoms with Gasteiger partial charge in [-0.25, -0.2) is 4.79 Å². The minimum atomic E-state index is -0.935. The molecule has 1 aliphatic rings. The Kier molecular flexibility index (Phi) is 4.71. The molecule has 1 atom stereocenters. The lowest BCUT2D eigenvalue weighted by atomic mass is 10.0. The average Bonchev–Trinajstić information content (AvgIpc) is 3.23. The van der Waals surface area contributed by atoms with Gasteiger partial charge in [0.25, 0.3) is 0 Å². The molecule has 0 aromatic carbocycles. The molecule has 0 aliphatic carbocycles. The number of carbonyl (C=O) groups is 2. The number of nitrogens with zero attached hydrogens (tertiary/aromatic N) is 3. The van der Waals surface area contributed by atoms with Gasteiger partial charge in [0, 0.05) is 30.3 Å². The molecule has 7 nitrogen and oxygen atoms in total. The first-order chi connectivity index (χ1) is 11.1. The second kappa shape index (κ2) is 6.91. The van der Waals surface area contributed by atoms with Crippen LogP contribution in [0.2, 0.25) is 0 Å². The number of amides is 1. The summed E-state index contributed by atoms with van der Waals surface area (Å²) < 4.78 is 5.16. The standard InChI is InChI=1S/C15H17N3O4S/c19-13(18-7-2-1-3-11(18)15(20)21)5-4-12-16-14(17-22-12)10-6-8-23-9-10/h6,8-9,11H,1-5,7H2,(H,20,21). The molecule has 8 heteroatoms. The second-order valence-electron chi connectivity index (χ2n) is 5.46. The summed E-state index contributed by atoms with van der Waals surface area (Å²) in [6.07, 6.45) is 2.70. The van der Waals surface area contributed by atoms with Crippen molar-refractivity contribution in [3.05, 3.63) is 22.7 Å². The number of rotatable bonds is 5. The van der Waals surface area contributed by atoms with Gasteiger partial charge in [0.15, 0.2) is 0 Å². The largest absolute Gasteiger partial charge is 0.480 e. The third kappa shape index (κ3) is 3.58. The van der Waals surface area contributed by atoms with Gasteiger partial charge < -0.3 is 14.5 Å². The minimum Gasteiger partial charge on any atom is -0.480 e. The molecule has 2 aromatic rings. The highest BCUT2D eigenvalue weighted by molar-refractivity contribution is 7.08. The molecule has 3 rings (SSSR count). The number of carboxylic acids is 1. The van der Waals surface area contributed by atoms with E-state index >= 15 is 0 Å². The fourth-order valence-electron chi connectivity index (χ4n) is 2.71. The number of aliphatic carboxylic acids is 1. The number of thiophene rings is 1. The van der Waals surface area contributed by atoms with Gasteiger partial charge in [-0.3, -0.25) is 4.79 Å². The van der Waals surface area contributed by atoms with E-state index in [-0.39, 0.29) is 12.3 Å². The van der Waals surface area contributed by atoms with Crippen molar-refractivity contribution in [3.8, 4) is 11.4 Å². The van der Waals surface area contributed by atoms with Crippen LogP contribution in [0.4, 0.5) is 0 Å². The molecule has 0 saturated carbocycles. The molecule has 1 fully saturated rings. The van der Waals surface area contributed by atoms with Crippen molar-refractivity contribution in [2.45, 2.75) is 38.1 Å². The zero-order chi connectivity index (χ0) is 16.2. The second-order valence-corrected chi connectivity index (χ2v) is 6.24. The van der Waals surface area contributed by atoms with E-state index in [1.807, 2.05) is 16.8 Å². The average molecular weight is 335 g/mol. The predicted molar refractivity (Wildman–Crippen MR) is 82.9 cm³/mol. The molecule has 1 amide bonds. The van der Waals surface area contributed by atoms with Crippen molar-refractivity contribution in [3.63, 3.8) is 0 Å². The van der Waals surface area contributed by atoms with Crippen LogP contribution < -0.4 is 0 Å². The quantitative estimate of drug-likeness (QED) is 0.900. The van der Waals surface area contributed by atoms with E-state index in [0.29, 0.717) is 31.1 Å². The summed E-state index contributed by atoms with van der Waals surface area (Å²) >= 11 is 1.55. The normalized spacial score (nSPS) is 18.1. The predicted octanol–water partition coefficient (Wildman–Crippen LogP) is 2.20. The van der Waals surface area contributed by atoms with E-state index < -0.39 is 12.0 Å². The monoisotopic (exact) mass is 335 g/mol. The molecule has 0 radical (unpaired) electrons. The molecule has 23 heavy (non-hydrogen) atoms. The first kappa shape index (κ1) is 15.7. The van der Waals surface area contributed by atoms with Crippen LogP contribution in [0.25, 0.3) is 11.4 Å². The zero-order valence-corrected chi connectivity index (χ0v) is 13.3. The van der Waals surface area contributed by atoms with Gasteiger partial charge in [-0.1, -0.05) is 5.16 Å². The molecule has 0 bridgehead atoms. The molecule has 1 aliphatic heterocycles. The van der Waals surface area contributed by atoms with Crippen molar-refractivity contribution in [2.75, 3.05) is 6.54 Å². The number of piperidine rings is 1. The van der Waals surface area contributed by atoms with Gasteiger partial charge in [0.1, 0.15) is 6.04 Å². The van der Waals surface area contributed by atoms with Crippen molar-refractivity contribution >= 4 is 23.2 Å². The Morgan fingerprint density at radius 1 is 1.43 bits per heavy atom. The summed E-state index contributed by atoms with van der Waals surface area (Å²) in [5.41, 5.74) is 0.887. The SMILES string of the molecule is O=C(O)C1CCCCN1C(=O)CCc1nc(-c2ccsc2)no1. The van der Waals surface area contributed by atoms with Gasteiger partial charge in [0.2, 0.25) is 17.6 Å². The lowest BCUT2D eigenvalue weighted by Crippen LogP contribution is -2.48. The summed E-state index contributed by atoms with van der Waals surface area (Å²) in [7, 11) is 0. The smallest absolute Gasteiger partial charge is 0.326 e. The van der Waals surface area contributed by atoms with Crippen molar-refractivity contribution in [2.24, 2.45) is 0 Å². The van der Waals surface area contributed by atoms with Crippen LogP contribution in [0.3, 0.4) is 0 Å². The highest BCUT2D eigenvalue weighted by atomic mass is 32.1. The number of aromatic nitrogens is 2. The third-order valence-electron chi connectivity index (χ3n) is 3.91. The Hall–Kier alpha value is -2.22. The fraction of sp³-hybridized carbons (Fsp3) is 0.467. The molecule has 1 N–H and O–H groups in total. The van der Waals surface area contributed by atoms with Gasteiger partial charge >= 0.3 is 5.97 Å². The Labute approximate surface area is 136 Å². The van der Waals surface area contributed by atoms with Crippen molar-refractivity contribution in [1.82, 2.24) is 15.0 Å². The first-order valence-corrected chi connectivity index (χ1v) is 8.47. The summed E-state index contributed by atoms with van der Waals surface area (Å²) in [5, 5.41) is 17.0. The van der Waals surface area contributed by atoms with Gasteiger partial charge in [0.05, 0.1) is 0 Å². The molecule has 1 saturated heterocycles. The fourth-order valence-corrected chi connectivity index (χ4v) is 3.34. The van der Waals surface area contributed by atoms with Gasteiger partial charge in [-0.2, -0.15) is 16.3 Å². The van der Waals surface area contributed by atoms with E-state index in [9.17, 15) is 14.7 Å². The molecular formula is C15H17N3O4S. The number of hydrogen-bond acceptors (Lipinski definition) is 6. The molecule has 0 spiro atoms. The van der Waals surface area contributed by atoms with E-state index in [0.717, 1.165) is 18.4 Å². The van der Waals surface area contributed by atoms with Crippen LogP contribution in [-0.2, 0) is 16.0 Å². The Morgan fingerprint density at radius 2 is 2.30 bits per heavy atom. The molecule has 1 unspecified atom stereocenters. The molecule has 122 valence electrons. The lowest BCUT2D eigenvalue weighted by molar-refractivity contribution is -0.152. The van der Waals surface area contributed by atoms with E-state index in [1.54, 1.807) is 11.3 Å². The van der Waals surface area contributed by atoms with Crippen molar-refractivity contribution in [1.29, 1.82) is 0 Å². The summed E-state index contributed by atoms with van der Waals surface area (Å²) in [5.74, 6) is -0.207. The number of carbonyl (C=O) groups excluding carboxylic acids is 1. The van der Waals surface area contributed by atoms with Crippen LogP contribution >= 0.6 is 11.3 Å². The maximum atomic E-state index is 12.3. The van der Waals surface area contributed by atoms with Gasteiger partial charge in [-0.15, -0.1) is 0 Å². The molecule has 2 aromatic heterocycles. The molecule has 3 heterocycles. The van der Waals surface area contributed by atoms with Crippen LogP contribution in [0.5, 0.6) is 0 Å². The molecular weight excluding hydrogens is 318 g/mol. The minimum absolute atomic E-state index is 0.174. The number of likely N-dealkylation sites (tertiary alicyclic amines) is 1. The maximum absolute atomic E-state index is 12.3. The van der Waals surface area contributed by atoms with Crippen LogP contribution in [0.15, 0.2) is 21.3 Å². The van der Waals surface area contributed by atoms with E-state index in [4.69, 9.17) is 4.52 Å². The highest BCUT2D eigenvalue weighted by Gasteiger charge is 2.31. The number of carboxylic acid groups (broad SMARTS) is 1.